The average Bonchev–Trinajstić information content (AvgIpc) is 2.59. The topological polar surface area (TPSA) is 0 Å². The van der Waals surface area contributed by atoms with E-state index in [4.69, 9.17) is 0 Å². The summed E-state index contributed by atoms with van der Waals surface area (Å²) in [7, 11) is 0. The Morgan fingerprint density at radius 2 is 1.88 bits per heavy atom. The van der Waals surface area contributed by atoms with E-state index in [-0.39, 0.29) is 9.41 Å². The van der Waals surface area contributed by atoms with E-state index in [1.807, 2.05) is 0 Å². The van der Waals surface area contributed by atoms with Crippen molar-refractivity contribution >= 4 is 5.57 Å². The number of halogens is 2. The molecule has 2 aliphatic carbocycles. The predicted molar refractivity (Wildman–Crippen MR) is 54.7 cm³/mol. The second-order valence-electron chi connectivity index (χ2n) is 4.28. The molecule has 0 N–H and O–H groups in total. The van der Waals surface area contributed by atoms with Gasteiger partial charge in [0.15, 0.2) is 0 Å². The molecule has 1 aromatic carbocycles. The Bertz CT molecular complexity index is 412. The third kappa shape index (κ3) is 2.07. The van der Waals surface area contributed by atoms with Gasteiger partial charge in [-0.25, -0.2) is 0 Å². The number of hydrogen-bond acceptors (Lipinski definition) is 0. The number of fused-ring (bicyclic) bond motifs is 2. The first kappa shape index (κ1) is 13.8. The second kappa shape index (κ2) is 5.36. The number of benzene rings is 1. The summed E-state index contributed by atoms with van der Waals surface area (Å²) in [6.07, 6.45) is 5.42. The number of allylic oxidation sites excluding steroid dienone is 2. The standard InChI is InChI=1S/C13H13.2FH.Zr/c1-3-7-12-10(5-1)9-11-6-2-4-8-13(11)12;;;/h1,3,5-7H,2,4,8-9H2;2*1H;/q;;;+2/p-2. The van der Waals surface area contributed by atoms with Crippen LogP contribution >= 0.6 is 0 Å². The van der Waals surface area contributed by atoms with Crippen LogP contribution in [-0.2, 0) is 31.1 Å². The molecule has 0 aliphatic heterocycles. The van der Waals surface area contributed by atoms with Crippen LogP contribution in [0.1, 0.15) is 30.4 Å². The number of hydrogen-bond donors (Lipinski definition) is 0. The van der Waals surface area contributed by atoms with Crippen molar-refractivity contribution in [2.45, 2.75) is 29.3 Å². The Hall–Kier alpha value is -0.297. The Kier molecular flexibility index (Phi) is 4.61. The van der Waals surface area contributed by atoms with Crippen molar-refractivity contribution in [1.82, 2.24) is 0 Å². The third-order valence-electron chi connectivity index (χ3n) is 3.45. The molecule has 0 saturated carbocycles. The van der Waals surface area contributed by atoms with E-state index in [0.717, 1.165) is 3.63 Å². The Morgan fingerprint density at radius 1 is 1.12 bits per heavy atom. The molecule has 0 aromatic heterocycles. The van der Waals surface area contributed by atoms with Gasteiger partial charge in [0, 0.05) is 0 Å². The van der Waals surface area contributed by atoms with Gasteiger partial charge in [-0.15, -0.1) is 0 Å². The van der Waals surface area contributed by atoms with Crippen molar-refractivity contribution in [2.24, 2.45) is 0 Å². The average molecular weight is 298 g/mol. The summed E-state index contributed by atoms with van der Waals surface area (Å²) in [5.41, 5.74) is 6.62. The first-order valence-electron chi connectivity index (χ1n) is 5.37. The van der Waals surface area contributed by atoms with Gasteiger partial charge in [-0.2, -0.15) is 0 Å². The van der Waals surface area contributed by atoms with Crippen molar-refractivity contribution in [3.8, 4) is 0 Å². The van der Waals surface area contributed by atoms with E-state index < -0.39 is 0 Å². The summed E-state index contributed by atoms with van der Waals surface area (Å²) in [5, 5.41) is 0. The normalized spacial score (nSPS) is 21.8. The van der Waals surface area contributed by atoms with Gasteiger partial charge in [-0.3, -0.25) is 0 Å². The summed E-state index contributed by atoms with van der Waals surface area (Å²) in [6, 6.07) is 8.97. The summed E-state index contributed by atoms with van der Waals surface area (Å²) in [6.45, 7) is 0. The molecular weight excluding hydrogens is 285 g/mol. The van der Waals surface area contributed by atoms with Crippen LogP contribution in [0.4, 0.5) is 0 Å². The van der Waals surface area contributed by atoms with Gasteiger partial charge in [0.1, 0.15) is 0 Å². The summed E-state index contributed by atoms with van der Waals surface area (Å²) >= 11 is 1.71. The van der Waals surface area contributed by atoms with Crippen LogP contribution in [0.25, 0.3) is 5.57 Å². The van der Waals surface area contributed by atoms with Crippen molar-refractivity contribution < 1.29 is 34.1 Å². The van der Waals surface area contributed by atoms with E-state index in [0.29, 0.717) is 0 Å². The Morgan fingerprint density at radius 3 is 2.69 bits per heavy atom. The van der Waals surface area contributed by atoms with Gasteiger partial charge < -0.3 is 9.41 Å². The van der Waals surface area contributed by atoms with Gasteiger partial charge in [-0.1, -0.05) is 0 Å². The van der Waals surface area contributed by atoms with E-state index >= 15 is 0 Å². The summed E-state index contributed by atoms with van der Waals surface area (Å²) in [5.74, 6) is 0. The van der Waals surface area contributed by atoms with Gasteiger partial charge >= 0.3 is 101 Å². The monoisotopic (exact) mass is 297 g/mol. The van der Waals surface area contributed by atoms with Crippen LogP contribution in [0.3, 0.4) is 0 Å². The first-order chi connectivity index (χ1) is 6.86. The molecule has 1 atom stereocenters. The summed E-state index contributed by atoms with van der Waals surface area (Å²) < 4.78 is 0.915. The quantitative estimate of drug-likeness (QED) is 0.498. The fourth-order valence-electron chi connectivity index (χ4n) is 2.74. The molecule has 1 aromatic rings. The predicted octanol–water partition coefficient (Wildman–Crippen LogP) is -2.48. The second-order valence-corrected chi connectivity index (χ2v) is 6.00. The fraction of sp³-hybridized carbons (Fsp3) is 0.385. The van der Waals surface area contributed by atoms with Gasteiger partial charge in [0.2, 0.25) is 0 Å². The Labute approximate surface area is 110 Å². The molecule has 0 bridgehead atoms. The van der Waals surface area contributed by atoms with Gasteiger partial charge in [0.05, 0.1) is 0 Å². The van der Waals surface area contributed by atoms with Gasteiger partial charge in [0.25, 0.3) is 0 Å². The minimum absolute atomic E-state index is 0. The van der Waals surface area contributed by atoms with Crippen LogP contribution < -0.4 is 9.41 Å². The van der Waals surface area contributed by atoms with Crippen LogP contribution in [-0.4, -0.2) is 0 Å². The van der Waals surface area contributed by atoms with Crippen molar-refractivity contribution in [3.05, 3.63) is 41.0 Å². The molecule has 0 fully saturated rings. The zero-order chi connectivity index (χ0) is 9.54. The van der Waals surface area contributed by atoms with E-state index in [1.54, 1.807) is 47.0 Å². The molecule has 83 valence electrons. The molecule has 0 heterocycles. The van der Waals surface area contributed by atoms with Crippen LogP contribution in [0.5, 0.6) is 0 Å². The van der Waals surface area contributed by atoms with Crippen LogP contribution in [0, 0.1) is 0 Å². The minimum atomic E-state index is 0. The molecule has 3 rings (SSSR count). The van der Waals surface area contributed by atoms with Crippen LogP contribution in [0.2, 0.25) is 3.63 Å². The molecule has 1 unspecified atom stereocenters. The molecule has 0 amide bonds. The molecule has 0 saturated heterocycles. The maximum atomic E-state index is 2.31. The number of rotatable bonds is 0. The van der Waals surface area contributed by atoms with Crippen LogP contribution in [0.15, 0.2) is 29.8 Å². The SMILES string of the molecule is [F-].[F-].[Zr+2][CH]1CCCC2=C1Cc1ccccc12. The van der Waals surface area contributed by atoms with E-state index in [9.17, 15) is 0 Å². The van der Waals surface area contributed by atoms with Crippen molar-refractivity contribution in [1.29, 1.82) is 0 Å². The van der Waals surface area contributed by atoms with Crippen molar-refractivity contribution in [3.63, 3.8) is 0 Å². The zero-order valence-electron chi connectivity index (χ0n) is 8.97. The third-order valence-corrected chi connectivity index (χ3v) is 5.02. The molecule has 2 aliphatic rings. The van der Waals surface area contributed by atoms with E-state index in [1.165, 1.54) is 25.7 Å². The maximum absolute atomic E-state index is 2.31. The molecule has 16 heavy (non-hydrogen) atoms. The molecule has 3 heteroatoms. The van der Waals surface area contributed by atoms with Crippen molar-refractivity contribution in [2.75, 3.05) is 0 Å². The molecule has 0 nitrogen and oxygen atoms in total. The summed E-state index contributed by atoms with van der Waals surface area (Å²) in [4.78, 5) is 0. The first-order valence-corrected chi connectivity index (χ1v) is 6.79. The van der Waals surface area contributed by atoms with Gasteiger partial charge in [-0.05, 0) is 0 Å². The van der Waals surface area contributed by atoms with E-state index in [2.05, 4.69) is 24.3 Å². The zero-order valence-corrected chi connectivity index (χ0v) is 11.4. The molecular formula is C13H13F2Zr. The fourth-order valence-corrected chi connectivity index (χ4v) is 3.92. The molecule has 0 radical (unpaired) electrons. The Balaban J connectivity index is 0.000000640. The molecule has 0 spiro atoms.